The van der Waals surface area contributed by atoms with Crippen molar-refractivity contribution in [3.8, 4) is 0 Å². The smallest absolute Gasteiger partial charge is 0.253 e. The van der Waals surface area contributed by atoms with Gasteiger partial charge in [0.05, 0.1) is 10.0 Å². The number of hydrogen-bond acceptors (Lipinski definition) is 5. The number of halogens is 1. The van der Waals surface area contributed by atoms with Crippen molar-refractivity contribution in [2.45, 2.75) is 18.9 Å². The van der Waals surface area contributed by atoms with Crippen LogP contribution in [0.25, 0.3) is 0 Å². The van der Waals surface area contributed by atoms with Crippen molar-refractivity contribution in [1.29, 1.82) is 0 Å². The maximum absolute atomic E-state index is 12.1. The van der Waals surface area contributed by atoms with Crippen LogP contribution in [0.4, 0.5) is 5.95 Å². The molecule has 114 valence electrons. The van der Waals surface area contributed by atoms with Crippen LogP contribution in [-0.2, 0) is 0 Å². The van der Waals surface area contributed by atoms with Gasteiger partial charge in [-0.1, -0.05) is 0 Å². The number of aromatic nitrogens is 3. The predicted octanol–water partition coefficient (Wildman–Crippen LogP) is 2.03. The first-order chi connectivity index (χ1) is 10.7. The van der Waals surface area contributed by atoms with Crippen LogP contribution in [-0.4, -0.2) is 40.0 Å². The van der Waals surface area contributed by atoms with Crippen LogP contribution in [0.5, 0.6) is 0 Å². The fraction of sp³-hybridized carbons (Fsp3) is 0.333. The third-order valence-electron chi connectivity index (χ3n) is 3.64. The number of nitrogens with zero attached hydrogens (tertiary/aromatic N) is 4. The topological polar surface area (TPSA) is 71.0 Å². The maximum atomic E-state index is 12.1. The second-order valence-electron chi connectivity index (χ2n) is 5.18. The van der Waals surface area contributed by atoms with E-state index in [1.54, 1.807) is 36.9 Å². The van der Waals surface area contributed by atoms with Crippen LogP contribution in [0.15, 0.2) is 41.4 Å². The van der Waals surface area contributed by atoms with Crippen LogP contribution in [0.3, 0.4) is 0 Å². The van der Waals surface area contributed by atoms with Gasteiger partial charge in [-0.2, -0.15) is 0 Å². The van der Waals surface area contributed by atoms with Gasteiger partial charge >= 0.3 is 0 Å². The van der Waals surface area contributed by atoms with E-state index >= 15 is 0 Å². The van der Waals surface area contributed by atoms with Gasteiger partial charge in [-0.15, -0.1) is 0 Å². The summed E-state index contributed by atoms with van der Waals surface area (Å²) in [6, 6.07) is 3.72. The largest absolute Gasteiger partial charge is 0.349 e. The molecule has 0 unspecified atom stereocenters. The molecule has 1 amide bonds. The summed E-state index contributed by atoms with van der Waals surface area (Å²) in [5.41, 5.74) is 0.598. The molecular formula is C15H16BrN5O. The Bertz CT molecular complexity index is 626. The van der Waals surface area contributed by atoms with Crippen molar-refractivity contribution in [1.82, 2.24) is 20.3 Å². The zero-order chi connectivity index (χ0) is 15.4. The summed E-state index contributed by atoms with van der Waals surface area (Å²) in [6.07, 6.45) is 8.50. The van der Waals surface area contributed by atoms with Crippen molar-refractivity contribution in [2.24, 2.45) is 0 Å². The second-order valence-corrected chi connectivity index (χ2v) is 6.09. The standard InChI is InChI=1S/C15H16BrN5O/c16-12-9-18-15(19-10-12)21-6-3-13(4-7-21)20-14(22)11-2-1-5-17-8-11/h1-2,5,8-10,13H,3-4,6-7H2,(H,20,22). The van der Waals surface area contributed by atoms with Crippen molar-refractivity contribution in [2.75, 3.05) is 18.0 Å². The molecule has 2 aromatic rings. The highest BCUT2D eigenvalue weighted by Crippen LogP contribution is 2.17. The van der Waals surface area contributed by atoms with E-state index in [-0.39, 0.29) is 11.9 Å². The van der Waals surface area contributed by atoms with E-state index in [1.165, 1.54) is 0 Å². The highest BCUT2D eigenvalue weighted by molar-refractivity contribution is 9.10. The van der Waals surface area contributed by atoms with Crippen molar-refractivity contribution < 1.29 is 4.79 Å². The number of carbonyl (C=O) groups is 1. The second kappa shape index (κ2) is 6.83. The molecule has 0 saturated carbocycles. The van der Waals surface area contributed by atoms with Crippen LogP contribution in [0.1, 0.15) is 23.2 Å². The Kier molecular flexibility index (Phi) is 4.62. The molecule has 0 atom stereocenters. The van der Waals surface area contributed by atoms with Gasteiger partial charge in [0.25, 0.3) is 5.91 Å². The molecule has 0 bridgehead atoms. The molecule has 22 heavy (non-hydrogen) atoms. The summed E-state index contributed by atoms with van der Waals surface area (Å²) in [5, 5.41) is 3.06. The molecule has 0 aliphatic carbocycles. The molecule has 6 nitrogen and oxygen atoms in total. The van der Waals surface area contributed by atoms with Crippen LogP contribution in [0, 0.1) is 0 Å². The minimum Gasteiger partial charge on any atom is -0.349 e. The Morgan fingerprint density at radius 1 is 1.23 bits per heavy atom. The summed E-state index contributed by atoms with van der Waals surface area (Å²) in [4.78, 5) is 26.8. The first-order valence-electron chi connectivity index (χ1n) is 7.16. The quantitative estimate of drug-likeness (QED) is 0.905. The third kappa shape index (κ3) is 3.59. The number of hydrogen-bond donors (Lipinski definition) is 1. The molecule has 0 aromatic carbocycles. The number of amides is 1. The number of piperidine rings is 1. The Hall–Kier alpha value is -2.02. The van der Waals surface area contributed by atoms with Crippen LogP contribution in [0.2, 0.25) is 0 Å². The molecule has 1 N–H and O–H groups in total. The summed E-state index contributed by atoms with van der Waals surface area (Å²) in [7, 11) is 0. The van der Waals surface area contributed by atoms with Crippen molar-refractivity contribution >= 4 is 27.8 Å². The summed E-state index contributed by atoms with van der Waals surface area (Å²) < 4.78 is 0.870. The number of pyridine rings is 1. The molecule has 1 saturated heterocycles. The number of nitrogens with one attached hydrogen (secondary N) is 1. The minimum absolute atomic E-state index is 0.0635. The number of rotatable bonds is 3. The first kappa shape index (κ1) is 14.9. The lowest BCUT2D eigenvalue weighted by molar-refractivity contribution is 0.0930. The Morgan fingerprint density at radius 2 is 1.95 bits per heavy atom. The van der Waals surface area contributed by atoms with Gasteiger partial charge in [0.1, 0.15) is 0 Å². The summed E-state index contributed by atoms with van der Waals surface area (Å²) >= 11 is 3.33. The normalized spacial score (nSPS) is 15.6. The molecule has 3 rings (SSSR count). The van der Waals surface area contributed by atoms with Crippen molar-refractivity contribution in [3.05, 3.63) is 47.0 Å². The van der Waals surface area contributed by atoms with E-state index in [4.69, 9.17) is 0 Å². The van der Waals surface area contributed by atoms with Gasteiger partial charge in [0.15, 0.2) is 0 Å². The lowest BCUT2D eigenvalue weighted by Gasteiger charge is -2.32. The fourth-order valence-corrected chi connectivity index (χ4v) is 2.66. The molecule has 3 heterocycles. The fourth-order valence-electron chi connectivity index (χ4n) is 2.46. The van der Waals surface area contributed by atoms with Gasteiger partial charge in [-0.3, -0.25) is 9.78 Å². The summed E-state index contributed by atoms with van der Waals surface area (Å²) in [6.45, 7) is 1.67. The minimum atomic E-state index is -0.0635. The molecule has 2 aromatic heterocycles. The predicted molar refractivity (Wildman–Crippen MR) is 86.7 cm³/mol. The van der Waals surface area contributed by atoms with Gasteiger partial charge in [-0.25, -0.2) is 9.97 Å². The Labute approximate surface area is 137 Å². The average Bonchev–Trinajstić information content (AvgIpc) is 2.57. The van der Waals surface area contributed by atoms with E-state index in [0.717, 1.165) is 36.4 Å². The van der Waals surface area contributed by atoms with Gasteiger partial charge < -0.3 is 10.2 Å². The molecule has 1 aliphatic rings. The van der Waals surface area contributed by atoms with E-state index in [9.17, 15) is 4.79 Å². The Morgan fingerprint density at radius 3 is 2.59 bits per heavy atom. The molecule has 7 heteroatoms. The lowest BCUT2D eigenvalue weighted by atomic mass is 10.0. The van der Waals surface area contributed by atoms with Crippen LogP contribution >= 0.6 is 15.9 Å². The molecule has 0 radical (unpaired) electrons. The van der Waals surface area contributed by atoms with Gasteiger partial charge in [0, 0.05) is 43.9 Å². The van der Waals surface area contributed by atoms with Crippen LogP contribution < -0.4 is 10.2 Å². The van der Waals surface area contributed by atoms with E-state index in [2.05, 4.69) is 41.1 Å². The molecule has 1 fully saturated rings. The zero-order valence-corrected chi connectivity index (χ0v) is 13.5. The SMILES string of the molecule is O=C(NC1CCN(c2ncc(Br)cn2)CC1)c1cccnc1. The zero-order valence-electron chi connectivity index (χ0n) is 11.9. The highest BCUT2D eigenvalue weighted by Gasteiger charge is 2.22. The lowest BCUT2D eigenvalue weighted by Crippen LogP contribution is -2.45. The highest BCUT2D eigenvalue weighted by atomic mass is 79.9. The van der Waals surface area contributed by atoms with E-state index in [0.29, 0.717) is 5.56 Å². The van der Waals surface area contributed by atoms with E-state index in [1.807, 2.05) is 0 Å². The first-order valence-corrected chi connectivity index (χ1v) is 7.95. The average molecular weight is 362 g/mol. The molecule has 1 aliphatic heterocycles. The maximum Gasteiger partial charge on any atom is 0.253 e. The monoisotopic (exact) mass is 361 g/mol. The van der Waals surface area contributed by atoms with E-state index < -0.39 is 0 Å². The summed E-state index contributed by atoms with van der Waals surface area (Å²) in [5.74, 6) is 0.673. The Balaban J connectivity index is 1.53. The number of carbonyl (C=O) groups excluding carboxylic acids is 1. The van der Waals surface area contributed by atoms with Gasteiger partial charge in [-0.05, 0) is 40.9 Å². The van der Waals surface area contributed by atoms with Gasteiger partial charge in [0.2, 0.25) is 5.95 Å². The molecule has 0 spiro atoms. The number of anilines is 1. The van der Waals surface area contributed by atoms with Crippen molar-refractivity contribution in [3.63, 3.8) is 0 Å². The third-order valence-corrected chi connectivity index (χ3v) is 4.05. The molecular weight excluding hydrogens is 346 g/mol.